The third-order valence-corrected chi connectivity index (χ3v) is 3.49. The molecule has 0 saturated carbocycles. The number of aryl methyl sites for hydroxylation is 1. The number of hydrogen-bond acceptors (Lipinski definition) is 4. The van der Waals surface area contributed by atoms with E-state index in [2.05, 4.69) is 36.3 Å². The van der Waals surface area contributed by atoms with Crippen molar-refractivity contribution in [1.29, 1.82) is 0 Å². The van der Waals surface area contributed by atoms with E-state index in [1.165, 1.54) is 5.56 Å². The molecule has 112 valence electrons. The maximum Gasteiger partial charge on any atom is 0.219 e. The zero-order valence-corrected chi connectivity index (χ0v) is 13.0. The van der Waals surface area contributed by atoms with Crippen molar-refractivity contribution in [3.8, 4) is 11.6 Å². The van der Waals surface area contributed by atoms with E-state index in [4.69, 9.17) is 9.47 Å². The van der Waals surface area contributed by atoms with Crippen LogP contribution in [-0.4, -0.2) is 19.1 Å². The quantitative estimate of drug-likeness (QED) is 0.885. The standard InChI is InChI=1S/C17H22N2O2/c1-12-7-8-16(15(10-12)13(2)18-3)21-11-14-6-5-9-19-17(14)20-4/h5-10,13,18H,11H2,1-4H3. The monoisotopic (exact) mass is 286 g/mol. The number of aromatic nitrogens is 1. The second-order valence-corrected chi connectivity index (χ2v) is 5.01. The van der Waals surface area contributed by atoms with Crippen LogP contribution in [0.15, 0.2) is 36.5 Å². The molecule has 1 aromatic carbocycles. The lowest BCUT2D eigenvalue weighted by atomic mass is 10.0. The number of nitrogens with one attached hydrogen (secondary N) is 1. The second kappa shape index (κ2) is 7.09. The van der Waals surface area contributed by atoms with Crippen LogP contribution in [-0.2, 0) is 6.61 Å². The molecule has 1 unspecified atom stereocenters. The Kier molecular flexibility index (Phi) is 5.17. The van der Waals surface area contributed by atoms with Crippen molar-refractivity contribution >= 4 is 0 Å². The number of methoxy groups -OCH3 is 1. The summed E-state index contributed by atoms with van der Waals surface area (Å²) in [5.74, 6) is 1.49. The van der Waals surface area contributed by atoms with E-state index in [-0.39, 0.29) is 6.04 Å². The fourth-order valence-corrected chi connectivity index (χ4v) is 2.17. The Labute approximate surface area is 126 Å². The highest BCUT2D eigenvalue weighted by Crippen LogP contribution is 2.27. The molecule has 21 heavy (non-hydrogen) atoms. The van der Waals surface area contributed by atoms with Crippen LogP contribution in [0.3, 0.4) is 0 Å². The zero-order chi connectivity index (χ0) is 15.2. The van der Waals surface area contributed by atoms with Gasteiger partial charge >= 0.3 is 0 Å². The molecule has 2 rings (SSSR count). The summed E-state index contributed by atoms with van der Waals surface area (Å²) in [6, 6.07) is 10.3. The van der Waals surface area contributed by atoms with Gasteiger partial charge in [0.15, 0.2) is 0 Å². The summed E-state index contributed by atoms with van der Waals surface area (Å²) in [5.41, 5.74) is 3.31. The van der Waals surface area contributed by atoms with E-state index in [1.54, 1.807) is 13.3 Å². The van der Waals surface area contributed by atoms with Gasteiger partial charge in [0.25, 0.3) is 0 Å². The topological polar surface area (TPSA) is 43.4 Å². The highest BCUT2D eigenvalue weighted by Gasteiger charge is 2.12. The molecule has 0 amide bonds. The van der Waals surface area contributed by atoms with E-state index >= 15 is 0 Å². The Morgan fingerprint density at radius 1 is 1.29 bits per heavy atom. The van der Waals surface area contributed by atoms with Crippen molar-refractivity contribution in [1.82, 2.24) is 10.3 Å². The Morgan fingerprint density at radius 3 is 2.81 bits per heavy atom. The highest BCUT2D eigenvalue weighted by atomic mass is 16.5. The fourth-order valence-electron chi connectivity index (χ4n) is 2.17. The molecule has 1 N–H and O–H groups in total. The van der Waals surface area contributed by atoms with Crippen LogP contribution in [0.1, 0.15) is 29.7 Å². The average Bonchev–Trinajstić information content (AvgIpc) is 2.53. The Hall–Kier alpha value is -2.07. The summed E-state index contributed by atoms with van der Waals surface area (Å²) in [5, 5.41) is 3.25. The molecule has 0 aliphatic heterocycles. The summed E-state index contributed by atoms with van der Waals surface area (Å²) in [6.07, 6.45) is 1.71. The van der Waals surface area contributed by atoms with Crippen molar-refractivity contribution in [2.24, 2.45) is 0 Å². The number of nitrogens with zero attached hydrogens (tertiary/aromatic N) is 1. The third kappa shape index (κ3) is 3.73. The first kappa shape index (κ1) is 15.3. The molecule has 0 aliphatic rings. The van der Waals surface area contributed by atoms with Gasteiger partial charge in [0.1, 0.15) is 12.4 Å². The summed E-state index contributed by atoms with van der Waals surface area (Å²) in [6.45, 7) is 4.63. The molecule has 0 spiro atoms. The van der Waals surface area contributed by atoms with Crippen LogP contribution in [0.2, 0.25) is 0 Å². The van der Waals surface area contributed by atoms with E-state index in [0.717, 1.165) is 16.9 Å². The Bertz CT molecular complexity index is 599. The lowest BCUT2D eigenvalue weighted by Crippen LogP contribution is -2.14. The van der Waals surface area contributed by atoms with Crippen molar-refractivity contribution in [2.75, 3.05) is 14.2 Å². The van der Waals surface area contributed by atoms with E-state index in [0.29, 0.717) is 12.5 Å². The molecule has 0 aliphatic carbocycles. The number of rotatable bonds is 6. The molecule has 0 bridgehead atoms. The average molecular weight is 286 g/mol. The molecule has 1 atom stereocenters. The van der Waals surface area contributed by atoms with Gasteiger partial charge in [0.05, 0.1) is 12.7 Å². The molecule has 4 nitrogen and oxygen atoms in total. The second-order valence-electron chi connectivity index (χ2n) is 5.01. The van der Waals surface area contributed by atoms with Gasteiger partial charge in [0, 0.05) is 17.8 Å². The minimum atomic E-state index is 0.232. The molecule has 4 heteroatoms. The van der Waals surface area contributed by atoms with Crippen LogP contribution in [0.25, 0.3) is 0 Å². The van der Waals surface area contributed by atoms with Crippen molar-refractivity contribution in [3.05, 3.63) is 53.2 Å². The molecular weight excluding hydrogens is 264 g/mol. The van der Waals surface area contributed by atoms with Gasteiger partial charge in [0.2, 0.25) is 5.88 Å². The summed E-state index contributed by atoms with van der Waals surface area (Å²) in [7, 11) is 3.56. The van der Waals surface area contributed by atoms with E-state index in [9.17, 15) is 0 Å². The molecule has 0 radical (unpaired) electrons. The maximum absolute atomic E-state index is 5.98. The van der Waals surface area contributed by atoms with E-state index < -0.39 is 0 Å². The van der Waals surface area contributed by atoms with Crippen molar-refractivity contribution in [2.45, 2.75) is 26.5 Å². The zero-order valence-electron chi connectivity index (χ0n) is 13.0. The molecular formula is C17H22N2O2. The van der Waals surface area contributed by atoms with Gasteiger partial charge in [-0.2, -0.15) is 0 Å². The summed E-state index contributed by atoms with van der Waals surface area (Å²) in [4.78, 5) is 4.18. The molecule has 2 aromatic rings. The molecule has 1 aromatic heterocycles. The van der Waals surface area contributed by atoms with Crippen LogP contribution in [0, 0.1) is 6.92 Å². The maximum atomic E-state index is 5.98. The predicted octanol–water partition coefficient (Wildman–Crippen LogP) is 3.26. The van der Waals surface area contributed by atoms with Gasteiger partial charge in [-0.15, -0.1) is 0 Å². The van der Waals surface area contributed by atoms with Gasteiger partial charge in [-0.1, -0.05) is 17.7 Å². The normalized spacial score (nSPS) is 12.0. The van der Waals surface area contributed by atoms with Gasteiger partial charge in [-0.3, -0.25) is 0 Å². The first-order valence-corrected chi connectivity index (χ1v) is 7.04. The smallest absolute Gasteiger partial charge is 0.219 e. The molecule has 1 heterocycles. The summed E-state index contributed by atoms with van der Waals surface area (Å²) < 4.78 is 11.2. The number of hydrogen-bond donors (Lipinski definition) is 1. The number of pyridine rings is 1. The Balaban J connectivity index is 2.20. The van der Waals surface area contributed by atoms with Crippen molar-refractivity contribution in [3.63, 3.8) is 0 Å². The van der Waals surface area contributed by atoms with Gasteiger partial charge in [-0.25, -0.2) is 4.98 Å². The van der Waals surface area contributed by atoms with Crippen LogP contribution in [0.4, 0.5) is 0 Å². The highest BCUT2D eigenvalue weighted by molar-refractivity contribution is 5.39. The SMILES string of the molecule is CNC(C)c1cc(C)ccc1OCc1cccnc1OC. The minimum Gasteiger partial charge on any atom is -0.488 e. The number of benzene rings is 1. The van der Waals surface area contributed by atoms with E-state index in [1.807, 2.05) is 25.2 Å². The van der Waals surface area contributed by atoms with Gasteiger partial charge < -0.3 is 14.8 Å². The molecule has 0 saturated heterocycles. The third-order valence-electron chi connectivity index (χ3n) is 3.49. The minimum absolute atomic E-state index is 0.232. The number of ether oxygens (including phenoxy) is 2. The first-order chi connectivity index (χ1) is 10.2. The predicted molar refractivity (Wildman–Crippen MR) is 83.8 cm³/mol. The lowest BCUT2D eigenvalue weighted by Gasteiger charge is -2.17. The molecule has 0 fully saturated rings. The largest absolute Gasteiger partial charge is 0.488 e. The summed E-state index contributed by atoms with van der Waals surface area (Å²) >= 11 is 0. The Morgan fingerprint density at radius 2 is 2.10 bits per heavy atom. The van der Waals surface area contributed by atoms with Gasteiger partial charge in [-0.05, 0) is 39.1 Å². The fraction of sp³-hybridized carbons (Fsp3) is 0.353. The van der Waals surface area contributed by atoms with Crippen LogP contribution < -0.4 is 14.8 Å². The van der Waals surface area contributed by atoms with Crippen LogP contribution >= 0.6 is 0 Å². The first-order valence-electron chi connectivity index (χ1n) is 7.04. The van der Waals surface area contributed by atoms with Crippen LogP contribution in [0.5, 0.6) is 11.6 Å². The lowest BCUT2D eigenvalue weighted by molar-refractivity contribution is 0.289. The van der Waals surface area contributed by atoms with Crippen molar-refractivity contribution < 1.29 is 9.47 Å².